The second-order valence-electron chi connectivity index (χ2n) is 5.61. The van der Waals surface area contributed by atoms with Crippen LogP contribution < -0.4 is 0 Å². The molecule has 2 aromatic rings. The summed E-state index contributed by atoms with van der Waals surface area (Å²) in [5.41, 5.74) is -0.376. The van der Waals surface area contributed by atoms with Gasteiger partial charge >= 0.3 is 0 Å². The van der Waals surface area contributed by atoms with Gasteiger partial charge in [-0.3, -0.25) is 0 Å². The van der Waals surface area contributed by atoms with Crippen molar-refractivity contribution >= 4 is 27.3 Å². The summed E-state index contributed by atoms with van der Waals surface area (Å²) in [5, 5.41) is 10.3. The summed E-state index contributed by atoms with van der Waals surface area (Å²) in [6.07, 6.45) is -1.30. The molecule has 1 heterocycles. The summed E-state index contributed by atoms with van der Waals surface area (Å²) in [6, 6.07) is 6.03. The summed E-state index contributed by atoms with van der Waals surface area (Å²) >= 11 is 4.38. The minimum atomic E-state index is -1.30. The Bertz CT molecular complexity index is 631. The lowest BCUT2D eigenvalue weighted by molar-refractivity contribution is 0.212. The molecule has 20 heavy (non-hydrogen) atoms. The van der Waals surface area contributed by atoms with Crippen LogP contribution in [0.25, 0.3) is 0 Å². The molecular formula is C15H15BrF2OS. The normalized spacial score (nSPS) is 13.6. The SMILES string of the molecule is CC(C)(C)c1ccc(C(O)c2c(F)ccc(Br)c2F)s1. The van der Waals surface area contributed by atoms with Crippen LogP contribution in [0.15, 0.2) is 28.7 Å². The summed E-state index contributed by atoms with van der Waals surface area (Å²) < 4.78 is 27.9. The maximum absolute atomic E-state index is 14.0. The lowest BCUT2D eigenvalue weighted by Gasteiger charge is -2.16. The van der Waals surface area contributed by atoms with Gasteiger partial charge < -0.3 is 5.11 Å². The zero-order valence-corrected chi connectivity index (χ0v) is 13.8. The molecule has 108 valence electrons. The van der Waals surface area contributed by atoms with Gasteiger partial charge in [-0.05, 0) is 45.6 Å². The zero-order valence-electron chi connectivity index (χ0n) is 11.4. The predicted molar refractivity (Wildman–Crippen MR) is 81.1 cm³/mol. The second kappa shape index (κ2) is 5.54. The van der Waals surface area contributed by atoms with Crippen molar-refractivity contribution in [3.63, 3.8) is 0 Å². The van der Waals surface area contributed by atoms with Gasteiger partial charge in [0.1, 0.15) is 17.7 Å². The Balaban J connectivity index is 2.44. The van der Waals surface area contributed by atoms with Crippen molar-refractivity contribution in [2.45, 2.75) is 32.3 Å². The molecule has 1 unspecified atom stereocenters. The van der Waals surface area contributed by atoms with Gasteiger partial charge in [-0.1, -0.05) is 20.8 Å². The molecule has 0 radical (unpaired) electrons. The van der Waals surface area contributed by atoms with Crippen molar-refractivity contribution in [2.24, 2.45) is 0 Å². The van der Waals surface area contributed by atoms with Crippen LogP contribution in [-0.4, -0.2) is 5.11 Å². The van der Waals surface area contributed by atoms with Gasteiger partial charge in [0.05, 0.1) is 10.0 Å². The average Bonchev–Trinajstić information content (AvgIpc) is 2.83. The van der Waals surface area contributed by atoms with E-state index < -0.39 is 17.7 Å². The fourth-order valence-electron chi connectivity index (χ4n) is 1.84. The molecule has 5 heteroatoms. The summed E-state index contributed by atoms with van der Waals surface area (Å²) in [6.45, 7) is 6.15. The van der Waals surface area contributed by atoms with E-state index in [1.165, 1.54) is 17.4 Å². The molecule has 0 amide bonds. The Hall–Kier alpha value is -0.780. The molecule has 0 aliphatic heterocycles. The molecule has 0 aliphatic rings. The standard InChI is InChI=1S/C15H15BrF2OS/c1-15(2,3)11-7-6-10(20-11)14(19)12-9(17)5-4-8(16)13(12)18/h4-7,14,19H,1-3H3. The van der Waals surface area contributed by atoms with E-state index in [4.69, 9.17) is 0 Å². The molecule has 0 spiro atoms. The van der Waals surface area contributed by atoms with Crippen LogP contribution in [0.5, 0.6) is 0 Å². The van der Waals surface area contributed by atoms with Crippen LogP contribution in [0.1, 0.15) is 42.2 Å². The number of aliphatic hydroxyl groups is 1. The number of halogens is 3. The van der Waals surface area contributed by atoms with E-state index in [2.05, 4.69) is 36.7 Å². The van der Waals surface area contributed by atoms with E-state index in [1.807, 2.05) is 6.07 Å². The molecule has 1 nitrogen and oxygen atoms in total. The lowest BCUT2D eigenvalue weighted by Crippen LogP contribution is -2.08. The fraction of sp³-hybridized carbons (Fsp3) is 0.333. The first-order valence-electron chi connectivity index (χ1n) is 6.13. The molecule has 1 atom stereocenters. The highest BCUT2D eigenvalue weighted by atomic mass is 79.9. The van der Waals surface area contributed by atoms with E-state index in [0.717, 1.165) is 10.9 Å². The van der Waals surface area contributed by atoms with Crippen LogP contribution >= 0.6 is 27.3 Å². The number of aliphatic hydroxyl groups excluding tert-OH is 1. The molecule has 0 fully saturated rings. The van der Waals surface area contributed by atoms with Crippen molar-refractivity contribution in [1.29, 1.82) is 0 Å². The predicted octanol–water partition coefficient (Wildman–Crippen LogP) is 5.17. The average molecular weight is 361 g/mol. The van der Waals surface area contributed by atoms with E-state index in [0.29, 0.717) is 4.88 Å². The maximum Gasteiger partial charge on any atom is 0.146 e. The first-order chi connectivity index (χ1) is 9.21. The molecule has 0 bridgehead atoms. The Morgan fingerprint density at radius 3 is 2.35 bits per heavy atom. The molecule has 0 aliphatic carbocycles. The first-order valence-corrected chi connectivity index (χ1v) is 7.74. The Morgan fingerprint density at radius 2 is 1.80 bits per heavy atom. The number of hydrogen-bond acceptors (Lipinski definition) is 2. The van der Waals surface area contributed by atoms with Gasteiger partial charge in [-0.15, -0.1) is 11.3 Å². The highest BCUT2D eigenvalue weighted by molar-refractivity contribution is 9.10. The van der Waals surface area contributed by atoms with Crippen molar-refractivity contribution in [1.82, 2.24) is 0 Å². The van der Waals surface area contributed by atoms with E-state index >= 15 is 0 Å². The van der Waals surface area contributed by atoms with Crippen molar-refractivity contribution < 1.29 is 13.9 Å². The topological polar surface area (TPSA) is 20.2 Å². The quantitative estimate of drug-likeness (QED) is 0.732. The van der Waals surface area contributed by atoms with Gasteiger partial charge in [0, 0.05) is 9.75 Å². The lowest BCUT2D eigenvalue weighted by atomic mass is 9.95. The highest BCUT2D eigenvalue weighted by Gasteiger charge is 2.25. The van der Waals surface area contributed by atoms with Gasteiger partial charge in [-0.2, -0.15) is 0 Å². The number of hydrogen-bond donors (Lipinski definition) is 1. The smallest absolute Gasteiger partial charge is 0.146 e. The van der Waals surface area contributed by atoms with E-state index in [-0.39, 0.29) is 15.5 Å². The minimum Gasteiger partial charge on any atom is -0.383 e. The van der Waals surface area contributed by atoms with Crippen molar-refractivity contribution in [3.8, 4) is 0 Å². The third kappa shape index (κ3) is 2.95. The Morgan fingerprint density at radius 1 is 1.15 bits per heavy atom. The highest BCUT2D eigenvalue weighted by Crippen LogP contribution is 2.37. The third-order valence-corrected chi connectivity index (χ3v) is 5.16. The van der Waals surface area contributed by atoms with Crippen LogP contribution in [0.4, 0.5) is 8.78 Å². The van der Waals surface area contributed by atoms with Gasteiger partial charge in [-0.25, -0.2) is 8.78 Å². The monoisotopic (exact) mass is 360 g/mol. The minimum absolute atomic E-state index is 0.0585. The molecule has 1 N–H and O–H groups in total. The van der Waals surface area contributed by atoms with Gasteiger partial charge in [0.15, 0.2) is 0 Å². The zero-order chi connectivity index (χ0) is 15.1. The molecule has 0 saturated carbocycles. The van der Waals surface area contributed by atoms with E-state index in [1.54, 1.807) is 6.07 Å². The number of thiophene rings is 1. The first kappa shape index (κ1) is 15.6. The third-order valence-electron chi connectivity index (χ3n) is 2.99. The van der Waals surface area contributed by atoms with Crippen molar-refractivity contribution in [3.05, 3.63) is 55.7 Å². The summed E-state index contributed by atoms with van der Waals surface area (Å²) in [4.78, 5) is 1.59. The molecular weight excluding hydrogens is 346 g/mol. The molecule has 2 rings (SSSR count). The Kier molecular flexibility index (Phi) is 4.33. The van der Waals surface area contributed by atoms with Gasteiger partial charge in [0.2, 0.25) is 0 Å². The molecule has 0 saturated heterocycles. The van der Waals surface area contributed by atoms with Crippen LogP contribution in [0.2, 0.25) is 0 Å². The number of benzene rings is 1. The summed E-state index contributed by atoms with van der Waals surface area (Å²) in [5.74, 6) is -1.51. The maximum atomic E-state index is 14.0. The van der Waals surface area contributed by atoms with E-state index in [9.17, 15) is 13.9 Å². The fourth-order valence-corrected chi connectivity index (χ4v) is 3.25. The Labute approximate surface area is 129 Å². The number of rotatable bonds is 2. The summed E-state index contributed by atoms with van der Waals surface area (Å²) in [7, 11) is 0. The van der Waals surface area contributed by atoms with Crippen LogP contribution in [0, 0.1) is 11.6 Å². The second-order valence-corrected chi connectivity index (χ2v) is 7.58. The molecule has 1 aromatic carbocycles. The van der Waals surface area contributed by atoms with Crippen LogP contribution in [0.3, 0.4) is 0 Å². The van der Waals surface area contributed by atoms with Crippen molar-refractivity contribution in [2.75, 3.05) is 0 Å². The largest absolute Gasteiger partial charge is 0.383 e. The molecule has 1 aromatic heterocycles. The van der Waals surface area contributed by atoms with Gasteiger partial charge in [0.25, 0.3) is 0 Å². The van der Waals surface area contributed by atoms with Crippen LogP contribution in [-0.2, 0) is 5.41 Å².